The summed E-state index contributed by atoms with van der Waals surface area (Å²) in [7, 11) is -3.73. The predicted molar refractivity (Wildman–Crippen MR) is 118 cm³/mol. The van der Waals surface area contributed by atoms with E-state index in [1.54, 1.807) is 13.8 Å². The molecule has 1 N–H and O–H groups in total. The summed E-state index contributed by atoms with van der Waals surface area (Å²) in [6.07, 6.45) is -0.199. The quantitative estimate of drug-likeness (QED) is 0.556. The fourth-order valence-corrected chi connectivity index (χ4v) is 4.46. The van der Waals surface area contributed by atoms with Gasteiger partial charge < -0.3 is 14.8 Å². The summed E-state index contributed by atoms with van der Waals surface area (Å²) in [5.41, 5.74) is 0.195. The van der Waals surface area contributed by atoms with Crippen LogP contribution in [0.15, 0.2) is 41.3 Å². The number of anilines is 1. The van der Waals surface area contributed by atoms with Gasteiger partial charge in [0.2, 0.25) is 10.0 Å². The van der Waals surface area contributed by atoms with Crippen molar-refractivity contribution in [1.82, 2.24) is 4.31 Å². The Bertz CT molecular complexity index is 1030. The van der Waals surface area contributed by atoms with E-state index >= 15 is 0 Å². The Morgan fingerprint density at radius 1 is 1.13 bits per heavy atom. The van der Waals surface area contributed by atoms with Crippen molar-refractivity contribution in [3.8, 4) is 11.5 Å². The number of nitrogens with one attached hydrogen (secondary N) is 1. The third-order valence-corrected chi connectivity index (χ3v) is 6.52. The average Bonchev–Trinajstić information content (AvgIpc) is 2.69. The molecule has 10 heteroatoms. The topological polar surface area (TPSA) is 84.9 Å². The van der Waals surface area contributed by atoms with E-state index in [2.05, 4.69) is 5.32 Å². The van der Waals surface area contributed by atoms with Gasteiger partial charge in [-0.2, -0.15) is 4.31 Å². The van der Waals surface area contributed by atoms with Crippen LogP contribution in [0.25, 0.3) is 0 Å². The molecular formula is C21H26ClFN2O5S. The molecule has 170 valence electrons. The highest BCUT2D eigenvalue weighted by Crippen LogP contribution is 2.30. The molecule has 0 heterocycles. The van der Waals surface area contributed by atoms with Crippen LogP contribution in [-0.2, 0) is 14.8 Å². The number of hydrogen-bond acceptors (Lipinski definition) is 5. The zero-order valence-electron chi connectivity index (χ0n) is 17.8. The molecule has 0 radical (unpaired) electrons. The van der Waals surface area contributed by atoms with Crippen LogP contribution >= 0.6 is 11.6 Å². The SMILES string of the molecule is CCN(CC)S(=O)(=O)c1ccc(OC(C)C)c(NC(=O)COc2ccc(F)cc2Cl)c1. The molecule has 7 nitrogen and oxygen atoms in total. The molecule has 0 aliphatic carbocycles. The monoisotopic (exact) mass is 472 g/mol. The average molecular weight is 473 g/mol. The predicted octanol–water partition coefficient (Wildman–Crippen LogP) is 4.31. The largest absolute Gasteiger partial charge is 0.489 e. The number of ether oxygens (including phenoxy) is 2. The van der Waals surface area contributed by atoms with E-state index in [-0.39, 0.29) is 27.5 Å². The lowest BCUT2D eigenvalue weighted by Gasteiger charge is -2.20. The van der Waals surface area contributed by atoms with Gasteiger partial charge in [0.25, 0.3) is 5.91 Å². The van der Waals surface area contributed by atoms with Crippen molar-refractivity contribution in [1.29, 1.82) is 0 Å². The standard InChI is InChI=1S/C21H26ClFN2O5S/c1-5-25(6-2)31(27,28)16-8-10-20(30-14(3)4)18(12-16)24-21(26)13-29-19-9-7-15(23)11-17(19)22/h7-12,14H,5-6,13H2,1-4H3,(H,24,26). The lowest BCUT2D eigenvalue weighted by molar-refractivity contribution is -0.118. The van der Waals surface area contributed by atoms with Crippen molar-refractivity contribution < 1.29 is 27.1 Å². The van der Waals surface area contributed by atoms with E-state index in [4.69, 9.17) is 21.1 Å². The zero-order chi connectivity index (χ0) is 23.2. The molecule has 0 atom stereocenters. The minimum absolute atomic E-state index is 0.0314. The van der Waals surface area contributed by atoms with Crippen molar-refractivity contribution >= 4 is 33.2 Å². The van der Waals surface area contributed by atoms with E-state index < -0.39 is 28.4 Å². The lowest BCUT2D eigenvalue weighted by Crippen LogP contribution is -2.30. The summed E-state index contributed by atoms with van der Waals surface area (Å²) in [6.45, 7) is 7.33. The summed E-state index contributed by atoms with van der Waals surface area (Å²) in [6, 6.07) is 7.85. The number of hydrogen-bond donors (Lipinski definition) is 1. The third-order valence-electron chi connectivity index (χ3n) is 4.18. The van der Waals surface area contributed by atoms with Gasteiger partial charge >= 0.3 is 0 Å². The van der Waals surface area contributed by atoms with Crippen LogP contribution in [0.3, 0.4) is 0 Å². The van der Waals surface area contributed by atoms with Crippen molar-refractivity contribution in [3.63, 3.8) is 0 Å². The van der Waals surface area contributed by atoms with Crippen LogP contribution in [0.1, 0.15) is 27.7 Å². The first-order chi connectivity index (χ1) is 14.6. The first-order valence-electron chi connectivity index (χ1n) is 9.77. The van der Waals surface area contributed by atoms with Crippen molar-refractivity contribution in [2.75, 3.05) is 25.0 Å². The highest BCUT2D eigenvalue weighted by Gasteiger charge is 2.23. The van der Waals surface area contributed by atoms with Gasteiger partial charge in [0, 0.05) is 13.1 Å². The van der Waals surface area contributed by atoms with Gasteiger partial charge in [-0.15, -0.1) is 0 Å². The summed E-state index contributed by atoms with van der Waals surface area (Å²) in [5, 5.41) is 2.65. The second-order valence-electron chi connectivity index (χ2n) is 6.83. The summed E-state index contributed by atoms with van der Waals surface area (Å²) >= 11 is 5.90. The van der Waals surface area contributed by atoms with Gasteiger partial charge in [-0.05, 0) is 50.2 Å². The minimum atomic E-state index is -3.73. The molecule has 0 fully saturated rings. The van der Waals surface area contributed by atoms with Crippen molar-refractivity contribution in [2.45, 2.75) is 38.7 Å². The van der Waals surface area contributed by atoms with Gasteiger partial charge in [-0.25, -0.2) is 12.8 Å². The molecule has 0 aliphatic rings. The number of carbonyl (C=O) groups is 1. The number of halogens is 2. The molecule has 0 aliphatic heterocycles. The minimum Gasteiger partial charge on any atom is -0.489 e. The second-order valence-corrected chi connectivity index (χ2v) is 9.17. The Hall–Kier alpha value is -2.36. The maximum atomic E-state index is 13.1. The van der Waals surface area contributed by atoms with E-state index in [1.165, 1.54) is 28.6 Å². The van der Waals surface area contributed by atoms with Crippen molar-refractivity contribution in [3.05, 3.63) is 47.2 Å². The van der Waals surface area contributed by atoms with E-state index in [9.17, 15) is 17.6 Å². The maximum Gasteiger partial charge on any atom is 0.262 e. The molecule has 0 aromatic heterocycles. The molecule has 0 saturated heterocycles. The summed E-state index contributed by atoms with van der Waals surface area (Å²) in [5.74, 6) is -0.619. The van der Waals surface area contributed by atoms with Gasteiger partial charge in [-0.3, -0.25) is 4.79 Å². The van der Waals surface area contributed by atoms with E-state index in [1.807, 2.05) is 13.8 Å². The number of rotatable bonds is 10. The fraction of sp³-hybridized carbons (Fsp3) is 0.381. The van der Waals surface area contributed by atoms with Gasteiger partial charge in [-0.1, -0.05) is 25.4 Å². The van der Waals surface area contributed by atoms with Gasteiger partial charge in [0.05, 0.1) is 21.7 Å². The van der Waals surface area contributed by atoms with Crippen molar-refractivity contribution in [2.24, 2.45) is 0 Å². The molecule has 2 aromatic carbocycles. The summed E-state index contributed by atoms with van der Waals surface area (Å²) in [4.78, 5) is 12.5. The van der Waals surface area contributed by atoms with Gasteiger partial charge in [0.15, 0.2) is 6.61 Å². The van der Waals surface area contributed by atoms with Crippen LogP contribution in [0.2, 0.25) is 5.02 Å². The highest BCUT2D eigenvalue weighted by atomic mass is 35.5. The Morgan fingerprint density at radius 3 is 2.35 bits per heavy atom. The van der Waals surface area contributed by atoms with E-state index in [0.717, 1.165) is 12.1 Å². The maximum absolute atomic E-state index is 13.1. The van der Waals surface area contributed by atoms with E-state index in [0.29, 0.717) is 18.8 Å². The van der Waals surface area contributed by atoms with Crippen LogP contribution in [0.5, 0.6) is 11.5 Å². The normalized spacial score (nSPS) is 11.6. The number of sulfonamides is 1. The number of nitrogens with zero attached hydrogens (tertiary/aromatic N) is 1. The highest BCUT2D eigenvalue weighted by molar-refractivity contribution is 7.89. The molecule has 2 aromatic rings. The molecule has 1 amide bonds. The van der Waals surface area contributed by atoms with Crippen LogP contribution in [0.4, 0.5) is 10.1 Å². The second kappa shape index (κ2) is 10.8. The first kappa shape index (κ1) is 24.9. The number of carbonyl (C=O) groups excluding carboxylic acids is 1. The molecule has 0 spiro atoms. The number of benzene rings is 2. The molecule has 0 bridgehead atoms. The summed E-state index contributed by atoms with van der Waals surface area (Å²) < 4.78 is 51.2. The Kier molecular flexibility index (Phi) is 8.67. The smallest absolute Gasteiger partial charge is 0.262 e. The lowest BCUT2D eigenvalue weighted by atomic mass is 10.3. The molecule has 2 rings (SSSR count). The molecular weight excluding hydrogens is 447 g/mol. The Morgan fingerprint density at radius 2 is 1.77 bits per heavy atom. The zero-order valence-corrected chi connectivity index (χ0v) is 19.4. The molecule has 0 unspecified atom stereocenters. The van der Waals surface area contributed by atoms with Crippen LogP contribution in [0, 0.1) is 5.82 Å². The molecule has 0 saturated carbocycles. The fourth-order valence-electron chi connectivity index (χ4n) is 2.76. The first-order valence-corrected chi connectivity index (χ1v) is 11.6. The van der Waals surface area contributed by atoms with Crippen LogP contribution < -0.4 is 14.8 Å². The van der Waals surface area contributed by atoms with Crippen LogP contribution in [-0.4, -0.2) is 44.4 Å². The Labute approximate surface area is 187 Å². The van der Waals surface area contributed by atoms with Gasteiger partial charge in [0.1, 0.15) is 17.3 Å². The number of amides is 1. The third kappa shape index (κ3) is 6.56. The molecule has 31 heavy (non-hydrogen) atoms. The Balaban J connectivity index is 2.26.